The van der Waals surface area contributed by atoms with Crippen molar-refractivity contribution in [2.75, 3.05) is 0 Å². The fraction of sp³-hybridized carbons (Fsp3) is 0.125. The SMILES string of the molecule is C[C@H](Oc1cccc(Cl)c1)C(=O)N/N=C\c1cc([N+](=O)[O-])ccc1O. The number of benzene rings is 2. The monoisotopic (exact) mass is 363 g/mol. The zero-order chi connectivity index (χ0) is 18.4. The Bertz CT molecular complexity index is 825. The van der Waals surface area contributed by atoms with Gasteiger partial charge in [0.15, 0.2) is 6.10 Å². The van der Waals surface area contributed by atoms with Gasteiger partial charge in [-0.3, -0.25) is 14.9 Å². The third-order valence-corrected chi connectivity index (χ3v) is 3.31. The summed E-state index contributed by atoms with van der Waals surface area (Å²) in [5.74, 6) is -0.316. The molecule has 0 bridgehead atoms. The average molecular weight is 364 g/mol. The number of carbonyl (C=O) groups is 1. The Labute approximate surface area is 147 Å². The largest absolute Gasteiger partial charge is 0.507 e. The van der Waals surface area contributed by atoms with Crippen LogP contribution in [0.15, 0.2) is 47.6 Å². The molecular formula is C16H14ClN3O5. The van der Waals surface area contributed by atoms with Crippen LogP contribution in [0, 0.1) is 10.1 Å². The Hall–Kier alpha value is -3.13. The summed E-state index contributed by atoms with van der Waals surface area (Å²) in [5.41, 5.74) is 2.12. The number of nitro benzene ring substituents is 1. The van der Waals surface area contributed by atoms with Gasteiger partial charge in [-0.25, -0.2) is 5.43 Å². The number of non-ortho nitro benzene ring substituents is 1. The van der Waals surface area contributed by atoms with Gasteiger partial charge in [-0.15, -0.1) is 0 Å². The third kappa shape index (κ3) is 5.18. The molecule has 1 amide bonds. The van der Waals surface area contributed by atoms with Gasteiger partial charge in [0.25, 0.3) is 11.6 Å². The van der Waals surface area contributed by atoms with Gasteiger partial charge < -0.3 is 9.84 Å². The summed E-state index contributed by atoms with van der Waals surface area (Å²) in [6.07, 6.45) is 0.251. The number of nitrogens with one attached hydrogen (secondary N) is 1. The van der Waals surface area contributed by atoms with E-state index in [1.54, 1.807) is 24.3 Å². The van der Waals surface area contributed by atoms with Gasteiger partial charge in [-0.2, -0.15) is 5.10 Å². The summed E-state index contributed by atoms with van der Waals surface area (Å²) in [6, 6.07) is 10.0. The van der Waals surface area contributed by atoms with Gasteiger partial charge in [-0.1, -0.05) is 17.7 Å². The molecule has 0 saturated heterocycles. The number of hydrogen-bond donors (Lipinski definition) is 2. The number of halogens is 1. The molecule has 0 unspecified atom stereocenters. The molecule has 0 fully saturated rings. The highest BCUT2D eigenvalue weighted by molar-refractivity contribution is 6.30. The molecule has 0 radical (unpaired) electrons. The lowest BCUT2D eigenvalue weighted by Crippen LogP contribution is -2.33. The Morgan fingerprint density at radius 1 is 1.40 bits per heavy atom. The van der Waals surface area contributed by atoms with E-state index in [-0.39, 0.29) is 17.0 Å². The first-order valence-corrected chi connectivity index (χ1v) is 7.47. The lowest BCUT2D eigenvalue weighted by Gasteiger charge is -2.12. The highest BCUT2D eigenvalue weighted by Gasteiger charge is 2.14. The Kier molecular flexibility index (Phi) is 5.91. The number of rotatable bonds is 6. The molecule has 1 atom stereocenters. The van der Waals surface area contributed by atoms with Gasteiger partial charge >= 0.3 is 0 Å². The van der Waals surface area contributed by atoms with Crippen LogP contribution < -0.4 is 10.2 Å². The molecule has 0 aliphatic carbocycles. The van der Waals surface area contributed by atoms with Crippen molar-refractivity contribution in [1.29, 1.82) is 0 Å². The van der Waals surface area contributed by atoms with Crippen LogP contribution in [-0.4, -0.2) is 28.3 Å². The van der Waals surface area contributed by atoms with Gasteiger partial charge in [0.1, 0.15) is 11.5 Å². The van der Waals surface area contributed by atoms with Crippen LogP contribution in [0.5, 0.6) is 11.5 Å². The number of amides is 1. The predicted molar refractivity (Wildman–Crippen MR) is 92.0 cm³/mol. The Balaban J connectivity index is 1.98. The van der Waals surface area contributed by atoms with Crippen LogP contribution in [-0.2, 0) is 4.79 Å². The summed E-state index contributed by atoms with van der Waals surface area (Å²) < 4.78 is 5.42. The number of nitro groups is 1. The summed E-state index contributed by atoms with van der Waals surface area (Å²) in [7, 11) is 0. The van der Waals surface area contributed by atoms with Crippen LogP contribution in [0.1, 0.15) is 12.5 Å². The number of phenolic OH excluding ortho intramolecular Hbond substituents is 1. The molecule has 25 heavy (non-hydrogen) atoms. The van der Waals surface area contributed by atoms with E-state index >= 15 is 0 Å². The molecule has 2 aromatic rings. The second-order valence-electron chi connectivity index (χ2n) is 4.95. The number of hydrazone groups is 1. The number of phenols is 1. The molecule has 2 aromatic carbocycles. The minimum Gasteiger partial charge on any atom is -0.507 e. The van der Waals surface area contributed by atoms with E-state index in [1.165, 1.54) is 13.0 Å². The number of aromatic hydroxyl groups is 1. The van der Waals surface area contributed by atoms with Crippen molar-refractivity contribution < 1.29 is 19.6 Å². The van der Waals surface area contributed by atoms with Crippen molar-refractivity contribution in [3.8, 4) is 11.5 Å². The second-order valence-corrected chi connectivity index (χ2v) is 5.39. The number of nitrogens with zero attached hydrogens (tertiary/aromatic N) is 2. The molecule has 0 aliphatic rings. The van der Waals surface area contributed by atoms with Crippen LogP contribution >= 0.6 is 11.6 Å². The minimum absolute atomic E-state index is 0.0953. The first kappa shape index (κ1) is 18.2. The summed E-state index contributed by atoms with van der Waals surface area (Å²) in [4.78, 5) is 22.0. The van der Waals surface area contributed by atoms with E-state index in [1.807, 2.05) is 0 Å². The lowest BCUT2D eigenvalue weighted by molar-refractivity contribution is -0.384. The van der Waals surface area contributed by atoms with Crippen molar-refractivity contribution in [1.82, 2.24) is 5.43 Å². The lowest BCUT2D eigenvalue weighted by atomic mass is 10.2. The standard InChI is InChI=1S/C16H14ClN3O5/c1-10(25-14-4-2-3-12(17)8-14)16(22)19-18-9-11-7-13(20(23)24)5-6-15(11)21/h2-10,21H,1H3,(H,19,22)/b18-9-/t10-/m0/s1. The maximum atomic E-state index is 11.9. The maximum absolute atomic E-state index is 11.9. The van der Waals surface area contributed by atoms with E-state index in [4.69, 9.17) is 16.3 Å². The fourth-order valence-corrected chi connectivity index (χ4v) is 1.99. The molecule has 0 heterocycles. The molecule has 9 heteroatoms. The van der Waals surface area contributed by atoms with Crippen LogP contribution in [0.2, 0.25) is 5.02 Å². The van der Waals surface area contributed by atoms with Crippen molar-refractivity contribution in [3.05, 3.63) is 63.2 Å². The molecule has 0 saturated carbocycles. The second kappa shape index (κ2) is 8.11. The summed E-state index contributed by atoms with van der Waals surface area (Å²) in [6.45, 7) is 1.52. The number of hydrogen-bond acceptors (Lipinski definition) is 6. The van der Waals surface area contributed by atoms with E-state index in [0.29, 0.717) is 10.8 Å². The quantitative estimate of drug-likeness (QED) is 0.465. The molecule has 2 rings (SSSR count). The normalized spacial score (nSPS) is 11.9. The van der Waals surface area contributed by atoms with Crippen LogP contribution in [0.25, 0.3) is 0 Å². The highest BCUT2D eigenvalue weighted by Crippen LogP contribution is 2.21. The molecule has 0 aliphatic heterocycles. The van der Waals surface area contributed by atoms with Crippen molar-refractivity contribution >= 4 is 29.4 Å². The minimum atomic E-state index is -0.852. The molecule has 0 aromatic heterocycles. The average Bonchev–Trinajstić information content (AvgIpc) is 2.56. The van der Waals surface area contributed by atoms with E-state index < -0.39 is 16.9 Å². The summed E-state index contributed by atoms with van der Waals surface area (Å²) >= 11 is 5.83. The fourth-order valence-electron chi connectivity index (χ4n) is 1.81. The third-order valence-electron chi connectivity index (χ3n) is 3.08. The van der Waals surface area contributed by atoms with Gasteiger partial charge in [0.05, 0.1) is 11.1 Å². The summed E-state index contributed by atoms with van der Waals surface area (Å²) in [5, 5.41) is 24.5. The van der Waals surface area contributed by atoms with Crippen molar-refractivity contribution in [2.24, 2.45) is 5.10 Å². The smallest absolute Gasteiger partial charge is 0.280 e. The number of carbonyl (C=O) groups excluding carboxylic acids is 1. The number of ether oxygens (including phenoxy) is 1. The molecule has 8 nitrogen and oxygen atoms in total. The van der Waals surface area contributed by atoms with E-state index in [0.717, 1.165) is 18.3 Å². The Morgan fingerprint density at radius 3 is 2.84 bits per heavy atom. The van der Waals surface area contributed by atoms with Crippen molar-refractivity contribution in [3.63, 3.8) is 0 Å². The van der Waals surface area contributed by atoms with Crippen LogP contribution in [0.4, 0.5) is 5.69 Å². The topological polar surface area (TPSA) is 114 Å². The first-order valence-electron chi connectivity index (χ1n) is 7.09. The zero-order valence-electron chi connectivity index (χ0n) is 13.0. The Morgan fingerprint density at radius 2 is 2.16 bits per heavy atom. The maximum Gasteiger partial charge on any atom is 0.280 e. The first-order chi connectivity index (χ1) is 11.9. The van der Waals surface area contributed by atoms with Gasteiger partial charge in [0, 0.05) is 22.7 Å². The van der Waals surface area contributed by atoms with Crippen LogP contribution in [0.3, 0.4) is 0 Å². The zero-order valence-corrected chi connectivity index (χ0v) is 13.8. The van der Waals surface area contributed by atoms with E-state index in [2.05, 4.69) is 10.5 Å². The molecule has 2 N–H and O–H groups in total. The molecular weight excluding hydrogens is 350 g/mol. The predicted octanol–water partition coefficient (Wildman–Crippen LogP) is 2.87. The van der Waals surface area contributed by atoms with E-state index in [9.17, 15) is 20.0 Å². The highest BCUT2D eigenvalue weighted by atomic mass is 35.5. The molecule has 130 valence electrons. The van der Waals surface area contributed by atoms with Crippen molar-refractivity contribution in [2.45, 2.75) is 13.0 Å². The molecule has 0 spiro atoms. The van der Waals surface area contributed by atoms with Gasteiger partial charge in [0.2, 0.25) is 0 Å². The van der Waals surface area contributed by atoms with Gasteiger partial charge in [-0.05, 0) is 31.2 Å².